The van der Waals surface area contributed by atoms with E-state index in [-0.39, 0.29) is 12.1 Å². The fraction of sp³-hybridized carbons (Fsp3) is 0.429. The highest BCUT2D eigenvalue weighted by molar-refractivity contribution is 5.86. The average Bonchev–Trinajstić information content (AvgIpc) is 2.45. The number of rotatable bonds is 3. The number of anilines is 1. The number of carbonyl (C=O) groups is 1. The van der Waals surface area contributed by atoms with Crippen LogP contribution in [0.2, 0.25) is 0 Å². The van der Waals surface area contributed by atoms with Gasteiger partial charge in [0.1, 0.15) is 5.82 Å². The van der Waals surface area contributed by atoms with E-state index >= 15 is 0 Å². The Morgan fingerprint density at radius 1 is 1.58 bits per heavy atom. The highest BCUT2D eigenvalue weighted by atomic mass is 16.5. The third-order valence-electron chi connectivity index (χ3n) is 2.95. The zero-order valence-corrected chi connectivity index (χ0v) is 11.2. The Morgan fingerprint density at radius 3 is 3.05 bits per heavy atom. The largest absolute Gasteiger partial charge is 0.466 e. The van der Waals surface area contributed by atoms with Gasteiger partial charge in [0.25, 0.3) is 0 Å². The molecule has 0 aromatic carbocycles. The molecule has 1 atom stereocenters. The van der Waals surface area contributed by atoms with E-state index in [4.69, 9.17) is 4.74 Å². The van der Waals surface area contributed by atoms with E-state index in [0.29, 0.717) is 0 Å². The molecule has 1 aromatic rings. The van der Waals surface area contributed by atoms with Crippen LogP contribution in [0, 0.1) is 0 Å². The van der Waals surface area contributed by atoms with Crippen LogP contribution in [-0.2, 0) is 14.3 Å². The molecule has 1 saturated heterocycles. The van der Waals surface area contributed by atoms with Crippen LogP contribution in [0.25, 0.3) is 6.08 Å². The van der Waals surface area contributed by atoms with Gasteiger partial charge in [0.05, 0.1) is 19.8 Å². The molecule has 1 unspecified atom stereocenters. The number of carbonyl (C=O) groups excluding carboxylic acids is 1. The molecule has 1 fully saturated rings. The Morgan fingerprint density at radius 2 is 2.42 bits per heavy atom. The molecule has 0 aliphatic carbocycles. The summed E-state index contributed by atoms with van der Waals surface area (Å²) in [6.07, 6.45) is 5.04. The lowest BCUT2D eigenvalue weighted by Crippen LogP contribution is -2.41. The second kappa shape index (κ2) is 6.33. The zero-order chi connectivity index (χ0) is 13.7. The molecule has 5 heteroatoms. The fourth-order valence-electron chi connectivity index (χ4n) is 1.94. The third kappa shape index (κ3) is 3.79. The Balaban J connectivity index is 2.01. The first kappa shape index (κ1) is 13.5. The molecule has 0 saturated carbocycles. The number of morpholine rings is 1. The van der Waals surface area contributed by atoms with Crippen LogP contribution < -0.4 is 4.90 Å². The topological polar surface area (TPSA) is 51.7 Å². The second-order valence-corrected chi connectivity index (χ2v) is 4.43. The van der Waals surface area contributed by atoms with Crippen LogP contribution in [-0.4, -0.2) is 43.9 Å². The summed E-state index contributed by atoms with van der Waals surface area (Å²) in [5.41, 5.74) is 0.871. The Labute approximate surface area is 112 Å². The van der Waals surface area contributed by atoms with Gasteiger partial charge in [0.2, 0.25) is 0 Å². The molecule has 1 aromatic heterocycles. The lowest BCUT2D eigenvalue weighted by Gasteiger charge is -2.31. The van der Waals surface area contributed by atoms with E-state index in [2.05, 4.69) is 21.5 Å². The van der Waals surface area contributed by atoms with Crippen molar-refractivity contribution >= 4 is 17.9 Å². The van der Waals surface area contributed by atoms with E-state index in [9.17, 15) is 4.79 Å². The van der Waals surface area contributed by atoms with Crippen LogP contribution in [0.3, 0.4) is 0 Å². The summed E-state index contributed by atoms with van der Waals surface area (Å²) in [4.78, 5) is 17.6. The lowest BCUT2D eigenvalue weighted by atomic mass is 10.2. The van der Waals surface area contributed by atoms with Gasteiger partial charge >= 0.3 is 5.97 Å². The molecule has 102 valence electrons. The van der Waals surface area contributed by atoms with Crippen molar-refractivity contribution in [2.75, 3.05) is 31.7 Å². The molecule has 0 spiro atoms. The van der Waals surface area contributed by atoms with Crippen molar-refractivity contribution in [1.82, 2.24) is 4.98 Å². The first-order valence-electron chi connectivity index (χ1n) is 6.27. The van der Waals surface area contributed by atoms with Crippen LogP contribution >= 0.6 is 0 Å². The van der Waals surface area contributed by atoms with Gasteiger partial charge in [-0.2, -0.15) is 0 Å². The molecular weight excluding hydrogens is 244 g/mol. The highest BCUT2D eigenvalue weighted by Crippen LogP contribution is 2.15. The van der Waals surface area contributed by atoms with Crippen molar-refractivity contribution in [3.05, 3.63) is 30.0 Å². The van der Waals surface area contributed by atoms with Crippen LogP contribution in [0.5, 0.6) is 0 Å². The summed E-state index contributed by atoms with van der Waals surface area (Å²) in [5, 5.41) is 0. The van der Waals surface area contributed by atoms with Gasteiger partial charge in [0.15, 0.2) is 0 Å². The minimum atomic E-state index is -0.369. The third-order valence-corrected chi connectivity index (χ3v) is 2.95. The maximum absolute atomic E-state index is 11.0. The Kier molecular flexibility index (Phi) is 4.52. The summed E-state index contributed by atoms with van der Waals surface area (Å²) in [6.45, 7) is 4.49. The smallest absolute Gasteiger partial charge is 0.330 e. The molecule has 2 heterocycles. The number of esters is 1. The van der Waals surface area contributed by atoms with E-state index in [0.717, 1.165) is 31.1 Å². The maximum Gasteiger partial charge on any atom is 0.330 e. The normalized spacial score (nSPS) is 19.7. The number of nitrogens with zero attached hydrogens (tertiary/aromatic N) is 2. The molecule has 0 radical (unpaired) electrons. The number of hydrogen-bond donors (Lipinski definition) is 0. The molecular formula is C14H18N2O3. The first-order chi connectivity index (χ1) is 9.19. The van der Waals surface area contributed by atoms with Crippen molar-refractivity contribution in [2.45, 2.75) is 13.0 Å². The maximum atomic E-state index is 11.0. The van der Waals surface area contributed by atoms with Crippen molar-refractivity contribution < 1.29 is 14.3 Å². The average molecular weight is 262 g/mol. The van der Waals surface area contributed by atoms with Gasteiger partial charge in [-0.3, -0.25) is 0 Å². The number of methoxy groups -OCH3 is 1. The standard InChI is InChI=1S/C14H18N2O3/c1-11-10-16(7-8-19-11)13-5-3-12(9-15-13)4-6-14(17)18-2/h3-6,9,11H,7-8,10H2,1-2H3/b6-4+. The number of ether oxygens (including phenoxy) is 2. The number of pyridine rings is 1. The van der Waals surface area contributed by atoms with Crippen molar-refractivity contribution in [3.8, 4) is 0 Å². The number of aromatic nitrogens is 1. The quantitative estimate of drug-likeness (QED) is 0.610. The molecule has 5 nitrogen and oxygen atoms in total. The summed E-state index contributed by atoms with van der Waals surface area (Å²) in [5.74, 6) is 0.566. The fourth-order valence-corrected chi connectivity index (χ4v) is 1.94. The van der Waals surface area contributed by atoms with Gasteiger partial charge in [-0.25, -0.2) is 9.78 Å². The molecule has 0 amide bonds. The molecule has 2 rings (SSSR count). The second-order valence-electron chi connectivity index (χ2n) is 4.43. The SMILES string of the molecule is COC(=O)/C=C/c1ccc(N2CCOC(C)C2)nc1. The minimum Gasteiger partial charge on any atom is -0.466 e. The Bertz CT molecular complexity index is 456. The predicted octanol–water partition coefficient (Wildman–Crippen LogP) is 1.49. The van der Waals surface area contributed by atoms with Gasteiger partial charge in [-0.1, -0.05) is 0 Å². The van der Waals surface area contributed by atoms with Crippen molar-refractivity contribution in [1.29, 1.82) is 0 Å². The number of hydrogen-bond acceptors (Lipinski definition) is 5. The monoisotopic (exact) mass is 262 g/mol. The summed E-state index contributed by atoms with van der Waals surface area (Å²) < 4.78 is 10.0. The van der Waals surface area contributed by atoms with Crippen molar-refractivity contribution in [2.24, 2.45) is 0 Å². The van der Waals surface area contributed by atoms with Crippen LogP contribution in [0.4, 0.5) is 5.82 Å². The van der Waals surface area contributed by atoms with Crippen LogP contribution in [0.1, 0.15) is 12.5 Å². The molecule has 1 aliphatic rings. The molecule has 1 aliphatic heterocycles. The summed E-state index contributed by atoms with van der Waals surface area (Å²) >= 11 is 0. The first-order valence-corrected chi connectivity index (χ1v) is 6.27. The van der Waals surface area contributed by atoms with E-state index in [1.54, 1.807) is 12.3 Å². The molecule has 0 bridgehead atoms. The molecule has 19 heavy (non-hydrogen) atoms. The summed E-state index contributed by atoms with van der Waals surface area (Å²) in [6, 6.07) is 3.89. The van der Waals surface area contributed by atoms with Crippen LogP contribution in [0.15, 0.2) is 24.4 Å². The summed E-state index contributed by atoms with van der Waals surface area (Å²) in [7, 11) is 1.35. The van der Waals surface area contributed by atoms with E-state index in [1.807, 2.05) is 12.1 Å². The molecule has 0 N–H and O–H groups in total. The predicted molar refractivity (Wildman–Crippen MR) is 72.9 cm³/mol. The van der Waals surface area contributed by atoms with E-state index in [1.165, 1.54) is 13.2 Å². The zero-order valence-electron chi connectivity index (χ0n) is 11.2. The van der Waals surface area contributed by atoms with Gasteiger partial charge in [0, 0.05) is 25.4 Å². The van der Waals surface area contributed by atoms with Gasteiger partial charge in [-0.15, -0.1) is 0 Å². The van der Waals surface area contributed by atoms with E-state index < -0.39 is 0 Å². The lowest BCUT2D eigenvalue weighted by molar-refractivity contribution is -0.134. The minimum absolute atomic E-state index is 0.231. The van der Waals surface area contributed by atoms with Gasteiger partial charge in [-0.05, 0) is 30.7 Å². The van der Waals surface area contributed by atoms with Crippen molar-refractivity contribution in [3.63, 3.8) is 0 Å². The Hall–Kier alpha value is -1.88. The van der Waals surface area contributed by atoms with Gasteiger partial charge < -0.3 is 14.4 Å². The highest BCUT2D eigenvalue weighted by Gasteiger charge is 2.17.